The normalized spacial score (nSPS) is 18.0. The molecule has 1 aromatic rings. The van der Waals surface area contributed by atoms with Crippen molar-refractivity contribution in [1.29, 1.82) is 0 Å². The Bertz CT molecular complexity index is 530. The molecular formula is C17H25N3O2. The van der Waals surface area contributed by atoms with Gasteiger partial charge in [-0.3, -0.25) is 14.7 Å². The van der Waals surface area contributed by atoms with Crippen LogP contribution in [0.25, 0.3) is 0 Å². The number of rotatable bonds is 6. The van der Waals surface area contributed by atoms with Crippen LogP contribution >= 0.6 is 0 Å². The molecule has 0 bridgehead atoms. The van der Waals surface area contributed by atoms with Gasteiger partial charge >= 0.3 is 0 Å². The highest BCUT2D eigenvalue weighted by molar-refractivity contribution is 5.87. The average molecular weight is 303 g/mol. The minimum absolute atomic E-state index is 0.0277. The topological polar surface area (TPSA) is 45.7 Å². The first-order valence-corrected chi connectivity index (χ1v) is 7.72. The molecular weight excluding hydrogens is 278 g/mol. The number of nitrogens with zero attached hydrogens (tertiary/aromatic N) is 3. The molecule has 0 saturated carbocycles. The molecule has 1 aliphatic rings. The number of hydrogen-bond acceptors (Lipinski definition) is 4. The number of carbonyl (C=O) groups excluding carboxylic acids is 1. The van der Waals surface area contributed by atoms with Gasteiger partial charge in [-0.1, -0.05) is 6.58 Å². The number of ether oxygens (including phenoxy) is 1. The second-order valence-electron chi connectivity index (χ2n) is 6.01. The summed E-state index contributed by atoms with van der Waals surface area (Å²) < 4.78 is 6.00. The smallest absolute Gasteiger partial charge is 0.246 e. The fraction of sp³-hybridized carbons (Fsp3) is 0.529. The van der Waals surface area contributed by atoms with Gasteiger partial charge in [0.25, 0.3) is 0 Å². The zero-order valence-electron chi connectivity index (χ0n) is 13.7. The lowest BCUT2D eigenvalue weighted by Crippen LogP contribution is -2.29. The predicted molar refractivity (Wildman–Crippen MR) is 86.7 cm³/mol. The molecule has 0 aromatic carbocycles. The Morgan fingerprint density at radius 1 is 1.64 bits per heavy atom. The van der Waals surface area contributed by atoms with Crippen molar-refractivity contribution in [3.05, 3.63) is 36.7 Å². The maximum absolute atomic E-state index is 11.6. The van der Waals surface area contributed by atoms with Crippen LogP contribution in [-0.2, 0) is 11.3 Å². The van der Waals surface area contributed by atoms with E-state index in [2.05, 4.69) is 37.4 Å². The van der Waals surface area contributed by atoms with E-state index in [-0.39, 0.29) is 12.0 Å². The van der Waals surface area contributed by atoms with Crippen molar-refractivity contribution in [1.82, 2.24) is 14.8 Å². The van der Waals surface area contributed by atoms with E-state index in [0.717, 1.165) is 31.0 Å². The van der Waals surface area contributed by atoms with Crippen molar-refractivity contribution in [3.8, 4) is 5.75 Å². The zero-order valence-corrected chi connectivity index (χ0v) is 13.7. The number of pyridine rings is 1. The maximum Gasteiger partial charge on any atom is 0.246 e. The van der Waals surface area contributed by atoms with Gasteiger partial charge in [0.15, 0.2) is 0 Å². The Hall–Kier alpha value is -1.88. The van der Waals surface area contributed by atoms with Crippen molar-refractivity contribution < 1.29 is 9.53 Å². The number of hydrogen-bond donors (Lipinski definition) is 0. The van der Waals surface area contributed by atoms with Crippen LogP contribution in [0.5, 0.6) is 5.75 Å². The Balaban J connectivity index is 1.94. The summed E-state index contributed by atoms with van der Waals surface area (Å²) in [5.41, 5.74) is 0.991. The summed E-state index contributed by atoms with van der Waals surface area (Å²) in [5.74, 6) is 0.792. The van der Waals surface area contributed by atoms with Crippen LogP contribution in [0.1, 0.15) is 26.0 Å². The second-order valence-corrected chi connectivity index (χ2v) is 6.01. The van der Waals surface area contributed by atoms with E-state index in [9.17, 15) is 4.79 Å². The Kier molecular flexibility index (Phi) is 5.55. The van der Waals surface area contributed by atoms with E-state index in [1.807, 2.05) is 12.1 Å². The minimum Gasteiger partial charge on any atom is -0.488 e. The highest BCUT2D eigenvalue weighted by Crippen LogP contribution is 2.19. The third-order valence-corrected chi connectivity index (χ3v) is 4.02. The summed E-state index contributed by atoms with van der Waals surface area (Å²) in [6.07, 6.45) is 4.03. The summed E-state index contributed by atoms with van der Waals surface area (Å²) >= 11 is 0. The van der Waals surface area contributed by atoms with Crippen molar-refractivity contribution >= 4 is 5.91 Å². The summed E-state index contributed by atoms with van der Waals surface area (Å²) in [6, 6.07) is 4.33. The van der Waals surface area contributed by atoms with Crippen LogP contribution in [0.4, 0.5) is 0 Å². The molecule has 120 valence electrons. The third-order valence-electron chi connectivity index (χ3n) is 4.02. The van der Waals surface area contributed by atoms with Gasteiger partial charge < -0.3 is 9.64 Å². The highest BCUT2D eigenvalue weighted by Gasteiger charge is 2.26. The molecule has 22 heavy (non-hydrogen) atoms. The van der Waals surface area contributed by atoms with E-state index >= 15 is 0 Å². The summed E-state index contributed by atoms with van der Waals surface area (Å²) in [5, 5.41) is 0. The van der Waals surface area contributed by atoms with E-state index in [1.54, 1.807) is 11.1 Å². The number of amides is 1. The van der Waals surface area contributed by atoms with E-state index in [4.69, 9.17) is 4.74 Å². The summed E-state index contributed by atoms with van der Waals surface area (Å²) in [7, 11) is 2.08. The minimum atomic E-state index is -0.0277. The van der Waals surface area contributed by atoms with Gasteiger partial charge in [0, 0.05) is 37.8 Å². The third kappa shape index (κ3) is 4.31. The quantitative estimate of drug-likeness (QED) is 0.755. The lowest BCUT2D eigenvalue weighted by atomic mass is 10.2. The Morgan fingerprint density at radius 2 is 2.41 bits per heavy atom. The maximum atomic E-state index is 11.6. The molecule has 2 heterocycles. The molecule has 0 radical (unpaired) electrons. The molecule has 2 rings (SSSR count). The van der Waals surface area contributed by atoms with Crippen molar-refractivity contribution in [3.63, 3.8) is 0 Å². The highest BCUT2D eigenvalue weighted by atomic mass is 16.5. The largest absolute Gasteiger partial charge is 0.488 e. The molecule has 0 aliphatic carbocycles. The summed E-state index contributed by atoms with van der Waals surface area (Å²) in [6.45, 7) is 9.97. The van der Waals surface area contributed by atoms with E-state index < -0.39 is 0 Å². The molecule has 1 saturated heterocycles. The van der Waals surface area contributed by atoms with Crippen LogP contribution in [0.15, 0.2) is 31.0 Å². The molecule has 1 aromatic heterocycles. The first-order valence-electron chi connectivity index (χ1n) is 7.72. The van der Waals surface area contributed by atoms with Crippen molar-refractivity contribution in [2.75, 3.05) is 20.1 Å². The predicted octanol–water partition coefficient (Wildman–Crippen LogP) is 2.09. The van der Waals surface area contributed by atoms with Crippen LogP contribution in [-0.4, -0.2) is 53.0 Å². The molecule has 0 spiro atoms. The zero-order chi connectivity index (χ0) is 16.1. The molecule has 5 heteroatoms. The fourth-order valence-electron chi connectivity index (χ4n) is 2.40. The first kappa shape index (κ1) is 16.5. The standard InChI is InChI=1S/C17H25N3O2/c1-5-17(21)20-9-7-16(12-20)22-15-6-8-18-14(10-15)11-19(4)13(2)3/h5-6,8,10,13,16H,1,7,9,11-12H2,2-4H3. The van der Waals surface area contributed by atoms with Crippen molar-refractivity contribution in [2.45, 2.75) is 39.0 Å². The van der Waals surface area contributed by atoms with Crippen LogP contribution in [0.2, 0.25) is 0 Å². The molecule has 1 aliphatic heterocycles. The number of aromatic nitrogens is 1. The van der Waals surface area contributed by atoms with Crippen LogP contribution < -0.4 is 4.74 Å². The molecule has 1 atom stereocenters. The van der Waals surface area contributed by atoms with Gasteiger partial charge in [0.05, 0.1) is 12.2 Å². The number of likely N-dealkylation sites (tertiary alicyclic amines) is 1. The monoisotopic (exact) mass is 303 g/mol. The lowest BCUT2D eigenvalue weighted by Gasteiger charge is -2.21. The van der Waals surface area contributed by atoms with Gasteiger partial charge in [-0.15, -0.1) is 0 Å². The van der Waals surface area contributed by atoms with Gasteiger partial charge in [0.2, 0.25) is 5.91 Å². The average Bonchev–Trinajstić information content (AvgIpc) is 2.95. The molecule has 1 unspecified atom stereocenters. The Morgan fingerprint density at radius 3 is 3.09 bits per heavy atom. The van der Waals surface area contributed by atoms with Gasteiger partial charge in [-0.25, -0.2) is 0 Å². The Labute approximate surface area is 132 Å². The van der Waals surface area contributed by atoms with Gasteiger partial charge in [-0.05, 0) is 33.0 Å². The van der Waals surface area contributed by atoms with Crippen LogP contribution in [0, 0.1) is 0 Å². The first-order chi connectivity index (χ1) is 10.5. The summed E-state index contributed by atoms with van der Waals surface area (Å²) in [4.78, 5) is 20.0. The number of carbonyl (C=O) groups is 1. The molecule has 5 nitrogen and oxygen atoms in total. The molecule has 1 amide bonds. The van der Waals surface area contributed by atoms with Crippen molar-refractivity contribution in [2.24, 2.45) is 0 Å². The van der Waals surface area contributed by atoms with Gasteiger partial charge in [-0.2, -0.15) is 0 Å². The van der Waals surface area contributed by atoms with E-state index in [0.29, 0.717) is 12.6 Å². The van der Waals surface area contributed by atoms with Crippen LogP contribution in [0.3, 0.4) is 0 Å². The molecule has 1 fully saturated rings. The lowest BCUT2D eigenvalue weighted by molar-refractivity contribution is -0.125. The van der Waals surface area contributed by atoms with Gasteiger partial charge in [0.1, 0.15) is 11.9 Å². The second kappa shape index (κ2) is 7.40. The SMILES string of the molecule is C=CC(=O)N1CCC(Oc2ccnc(CN(C)C(C)C)c2)C1. The molecule has 0 N–H and O–H groups in total. The fourth-order valence-corrected chi connectivity index (χ4v) is 2.40. The van der Waals surface area contributed by atoms with E-state index in [1.165, 1.54) is 6.08 Å².